The van der Waals surface area contributed by atoms with Crippen molar-refractivity contribution in [1.82, 2.24) is 0 Å². The quantitative estimate of drug-likeness (QED) is 0.573. The lowest BCUT2D eigenvalue weighted by Crippen LogP contribution is -2.35. The molecule has 1 aliphatic heterocycles. The molecule has 1 saturated carbocycles. The van der Waals surface area contributed by atoms with Crippen LogP contribution in [0, 0.1) is 5.41 Å². The van der Waals surface area contributed by atoms with Crippen LogP contribution in [0.4, 0.5) is 0 Å². The summed E-state index contributed by atoms with van der Waals surface area (Å²) < 4.78 is 11.0. The summed E-state index contributed by atoms with van der Waals surface area (Å²) >= 11 is 0. The van der Waals surface area contributed by atoms with Gasteiger partial charge in [0.2, 0.25) is 0 Å². The van der Waals surface area contributed by atoms with E-state index in [9.17, 15) is 0 Å². The summed E-state index contributed by atoms with van der Waals surface area (Å²) in [5.74, 6) is -0.287. The number of nitrogens with one attached hydrogen (secondary N) is 1. The average molecular weight is 155 g/mol. The highest BCUT2D eigenvalue weighted by molar-refractivity contribution is 5.82. The van der Waals surface area contributed by atoms with Gasteiger partial charge in [0.15, 0.2) is 5.79 Å². The van der Waals surface area contributed by atoms with Crippen molar-refractivity contribution in [2.75, 3.05) is 13.2 Å². The molecule has 3 heteroatoms. The molecule has 0 bridgehead atoms. The number of hydrogen-bond donors (Lipinski definition) is 1. The molecular formula is C8H13NO2. The van der Waals surface area contributed by atoms with Gasteiger partial charge in [0, 0.05) is 18.6 Å². The lowest BCUT2D eigenvalue weighted by molar-refractivity contribution is -0.167. The lowest BCUT2D eigenvalue weighted by Gasteiger charge is -2.31. The Morgan fingerprint density at radius 2 is 1.64 bits per heavy atom. The Balaban J connectivity index is 1.99. The van der Waals surface area contributed by atoms with Crippen molar-refractivity contribution in [3.05, 3.63) is 0 Å². The van der Waals surface area contributed by atoms with Crippen molar-refractivity contribution in [3.63, 3.8) is 0 Å². The molecule has 0 radical (unpaired) electrons. The van der Waals surface area contributed by atoms with E-state index in [0.29, 0.717) is 0 Å². The third-order valence-electron chi connectivity index (χ3n) is 2.43. The van der Waals surface area contributed by atoms with Gasteiger partial charge in [0.25, 0.3) is 0 Å². The molecule has 0 aromatic carbocycles. The summed E-state index contributed by atoms with van der Waals surface area (Å²) in [5.41, 5.74) is 0.842. The Bertz CT molecular complexity index is 161. The predicted octanol–water partition coefficient (Wildman–Crippen LogP) is 1.32. The van der Waals surface area contributed by atoms with E-state index in [1.165, 1.54) is 0 Å². The minimum atomic E-state index is -0.287. The van der Waals surface area contributed by atoms with Crippen LogP contribution in [-0.2, 0) is 9.47 Å². The molecular weight excluding hydrogens is 142 g/mol. The second-order valence-electron chi connectivity index (χ2n) is 3.21. The van der Waals surface area contributed by atoms with Gasteiger partial charge < -0.3 is 14.9 Å². The second-order valence-corrected chi connectivity index (χ2v) is 3.21. The SMILES string of the molecule is N=C1CCC2(CC1)OCCO2. The molecule has 0 aromatic rings. The standard InChI is InChI=1S/C8H13NO2/c9-7-1-3-8(4-2-7)10-5-6-11-8/h9H,1-6H2. The van der Waals surface area contributed by atoms with Crippen molar-refractivity contribution >= 4 is 5.71 Å². The first-order valence-electron chi connectivity index (χ1n) is 4.15. The largest absolute Gasteiger partial charge is 0.348 e. The molecule has 62 valence electrons. The zero-order valence-corrected chi connectivity index (χ0v) is 6.56. The van der Waals surface area contributed by atoms with Crippen LogP contribution in [0.2, 0.25) is 0 Å². The minimum absolute atomic E-state index is 0.287. The van der Waals surface area contributed by atoms with Crippen molar-refractivity contribution < 1.29 is 9.47 Å². The molecule has 1 N–H and O–H groups in total. The molecule has 0 aromatic heterocycles. The molecule has 0 amide bonds. The summed E-state index contributed by atoms with van der Waals surface area (Å²) in [6, 6.07) is 0. The van der Waals surface area contributed by atoms with Crippen LogP contribution in [0.5, 0.6) is 0 Å². The Morgan fingerprint density at radius 1 is 1.09 bits per heavy atom. The summed E-state index contributed by atoms with van der Waals surface area (Å²) in [6.45, 7) is 1.46. The molecule has 2 aliphatic rings. The first-order chi connectivity index (χ1) is 5.31. The number of hydrogen-bond acceptors (Lipinski definition) is 3. The molecule has 1 aliphatic carbocycles. The molecule has 2 rings (SSSR count). The Morgan fingerprint density at radius 3 is 2.18 bits per heavy atom. The van der Waals surface area contributed by atoms with E-state index in [0.717, 1.165) is 44.6 Å². The maximum Gasteiger partial charge on any atom is 0.169 e. The van der Waals surface area contributed by atoms with Gasteiger partial charge in [-0.15, -0.1) is 0 Å². The molecule has 0 unspecified atom stereocenters. The number of ether oxygens (including phenoxy) is 2. The maximum atomic E-state index is 7.42. The summed E-state index contributed by atoms with van der Waals surface area (Å²) in [6.07, 6.45) is 3.46. The first-order valence-corrected chi connectivity index (χ1v) is 4.15. The Labute approximate surface area is 66.2 Å². The van der Waals surface area contributed by atoms with E-state index < -0.39 is 0 Å². The molecule has 3 nitrogen and oxygen atoms in total. The van der Waals surface area contributed by atoms with Gasteiger partial charge in [-0.05, 0) is 12.8 Å². The minimum Gasteiger partial charge on any atom is -0.348 e. The summed E-state index contributed by atoms with van der Waals surface area (Å²) in [4.78, 5) is 0. The van der Waals surface area contributed by atoms with Gasteiger partial charge in [0.1, 0.15) is 0 Å². The normalized spacial score (nSPS) is 29.6. The first kappa shape index (κ1) is 7.25. The highest BCUT2D eigenvalue weighted by Gasteiger charge is 2.38. The van der Waals surface area contributed by atoms with Crippen LogP contribution in [0.15, 0.2) is 0 Å². The zero-order chi connectivity index (χ0) is 7.73. The lowest BCUT2D eigenvalue weighted by atomic mass is 9.93. The number of rotatable bonds is 0. The van der Waals surface area contributed by atoms with Crippen molar-refractivity contribution in [1.29, 1.82) is 5.41 Å². The molecule has 1 spiro atoms. The van der Waals surface area contributed by atoms with Gasteiger partial charge >= 0.3 is 0 Å². The Kier molecular flexibility index (Phi) is 1.69. The van der Waals surface area contributed by atoms with Gasteiger partial charge in [-0.25, -0.2) is 0 Å². The van der Waals surface area contributed by atoms with Crippen LogP contribution < -0.4 is 0 Å². The highest BCUT2D eigenvalue weighted by atomic mass is 16.7. The zero-order valence-electron chi connectivity index (χ0n) is 6.56. The second kappa shape index (κ2) is 2.57. The van der Waals surface area contributed by atoms with E-state index in [4.69, 9.17) is 14.9 Å². The van der Waals surface area contributed by atoms with E-state index in [1.807, 2.05) is 0 Å². The molecule has 2 fully saturated rings. The highest BCUT2D eigenvalue weighted by Crippen LogP contribution is 2.33. The van der Waals surface area contributed by atoms with Crippen molar-refractivity contribution in [2.45, 2.75) is 31.5 Å². The van der Waals surface area contributed by atoms with E-state index >= 15 is 0 Å². The van der Waals surface area contributed by atoms with E-state index in [2.05, 4.69) is 0 Å². The Hall–Kier alpha value is -0.410. The fourth-order valence-corrected chi connectivity index (χ4v) is 1.72. The maximum absolute atomic E-state index is 7.42. The molecule has 0 atom stereocenters. The smallest absolute Gasteiger partial charge is 0.169 e. The van der Waals surface area contributed by atoms with Crippen molar-refractivity contribution in [3.8, 4) is 0 Å². The third kappa shape index (κ3) is 1.30. The van der Waals surface area contributed by atoms with Crippen LogP contribution in [-0.4, -0.2) is 24.7 Å². The van der Waals surface area contributed by atoms with Gasteiger partial charge in [0.05, 0.1) is 13.2 Å². The topological polar surface area (TPSA) is 42.3 Å². The fourth-order valence-electron chi connectivity index (χ4n) is 1.72. The van der Waals surface area contributed by atoms with E-state index in [-0.39, 0.29) is 5.79 Å². The monoisotopic (exact) mass is 155 g/mol. The fraction of sp³-hybridized carbons (Fsp3) is 0.875. The summed E-state index contributed by atoms with van der Waals surface area (Å²) in [7, 11) is 0. The van der Waals surface area contributed by atoms with Crippen LogP contribution >= 0.6 is 0 Å². The molecule has 11 heavy (non-hydrogen) atoms. The summed E-state index contributed by atoms with van der Waals surface area (Å²) in [5, 5.41) is 7.42. The third-order valence-corrected chi connectivity index (χ3v) is 2.43. The average Bonchev–Trinajstić information content (AvgIpc) is 2.45. The van der Waals surface area contributed by atoms with Gasteiger partial charge in [-0.3, -0.25) is 0 Å². The van der Waals surface area contributed by atoms with Gasteiger partial charge in [-0.2, -0.15) is 0 Å². The van der Waals surface area contributed by atoms with Crippen LogP contribution in [0.25, 0.3) is 0 Å². The van der Waals surface area contributed by atoms with Crippen LogP contribution in [0.3, 0.4) is 0 Å². The van der Waals surface area contributed by atoms with Crippen LogP contribution in [0.1, 0.15) is 25.7 Å². The van der Waals surface area contributed by atoms with Crippen molar-refractivity contribution in [2.24, 2.45) is 0 Å². The van der Waals surface area contributed by atoms with E-state index in [1.54, 1.807) is 0 Å². The molecule has 1 saturated heterocycles. The predicted molar refractivity (Wildman–Crippen MR) is 40.8 cm³/mol. The molecule has 1 heterocycles. The van der Waals surface area contributed by atoms with Gasteiger partial charge in [-0.1, -0.05) is 0 Å².